The molecule has 16 heavy (non-hydrogen) atoms. The summed E-state index contributed by atoms with van der Waals surface area (Å²) in [6, 6.07) is 1.81. The molecule has 1 atom stereocenters. The van der Waals surface area contributed by atoms with Gasteiger partial charge in [-0.05, 0) is 51.9 Å². The molecule has 90 valence electrons. The highest BCUT2D eigenvalue weighted by Crippen LogP contribution is 2.32. The van der Waals surface area contributed by atoms with Gasteiger partial charge < -0.3 is 5.11 Å². The summed E-state index contributed by atoms with van der Waals surface area (Å²) in [6.07, 6.45) is -0.421. The Balaban J connectivity index is 2.62. The first-order valence-electron chi connectivity index (χ1n) is 4.74. The van der Waals surface area contributed by atoms with E-state index in [1.807, 2.05) is 18.0 Å². The van der Waals surface area contributed by atoms with Crippen LogP contribution in [0, 0.1) is 0 Å². The maximum atomic E-state index is 11.9. The second-order valence-electron chi connectivity index (χ2n) is 3.71. The van der Waals surface area contributed by atoms with Crippen LogP contribution in [0.5, 0.6) is 0 Å². The molecule has 0 aliphatic carbocycles. The van der Waals surface area contributed by atoms with E-state index in [9.17, 15) is 9.90 Å². The molecule has 3 nitrogen and oxygen atoms in total. The van der Waals surface area contributed by atoms with Crippen LogP contribution in [-0.4, -0.2) is 42.0 Å². The molecule has 1 aromatic heterocycles. The number of halogens is 2. The standard InChI is InChI=1S/C10H13Br2NO2S/c1-6(14)4-13(2)5-8(15)7-3-9(11)16-10(7)12/h3,6,14H,4-5H2,1-2H3. The molecule has 0 amide bonds. The number of nitrogens with zero attached hydrogens (tertiary/aromatic N) is 1. The van der Waals surface area contributed by atoms with E-state index in [0.717, 1.165) is 7.57 Å². The maximum Gasteiger partial charge on any atom is 0.178 e. The van der Waals surface area contributed by atoms with E-state index in [0.29, 0.717) is 18.7 Å². The Morgan fingerprint density at radius 1 is 1.62 bits per heavy atom. The number of carbonyl (C=O) groups excluding carboxylic acids is 1. The minimum absolute atomic E-state index is 0.0528. The summed E-state index contributed by atoms with van der Waals surface area (Å²) < 4.78 is 1.77. The highest BCUT2D eigenvalue weighted by atomic mass is 79.9. The molecule has 1 aromatic rings. The molecule has 1 rings (SSSR count). The van der Waals surface area contributed by atoms with Crippen molar-refractivity contribution in [3.8, 4) is 0 Å². The molecule has 0 radical (unpaired) electrons. The normalized spacial score (nSPS) is 13.1. The molecule has 0 aliphatic rings. The average Bonchev–Trinajstić information content (AvgIpc) is 2.43. The molecule has 0 aromatic carbocycles. The number of hydrogen-bond donors (Lipinski definition) is 1. The molecule has 1 unspecified atom stereocenters. The SMILES string of the molecule is CC(O)CN(C)CC(=O)c1cc(Br)sc1Br. The van der Waals surface area contributed by atoms with E-state index in [1.54, 1.807) is 6.92 Å². The van der Waals surface area contributed by atoms with Crippen LogP contribution in [0.2, 0.25) is 0 Å². The molecule has 1 heterocycles. The maximum absolute atomic E-state index is 11.9. The van der Waals surface area contributed by atoms with Gasteiger partial charge in [-0.15, -0.1) is 11.3 Å². The van der Waals surface area contributed by atoms with Gasteiger partial charge in [-0.1, -0.05) is 0 Å². The zero-order valence-corrected chi connectivity index (χ0v) is 13.0. The Bertz CT molecular complexity index is 379. The number of hydrogen-bond acceptors (Lipinski definition) is 4. The molecule has 0 saturated carbocycles. The van der Waals surface area contributed by atoms with Crippen molar-refractivity contribution in [1.29, 1.82) is 0 Å². The van der Waals surface area contributed by atoms with Crippen molar-refractivity contribution in [2.75, 3.05) is 20.1 Å². The Labute approximate surface area is 116 Å². The van der Waals surface area contributed by atoms with Crippen LogP contribution in [0.25, 0.3) is 0 Å². The summed E-state index contributed by atoms with van der Waals surface area (Å²) in [4.78, 5) is 13.7. The molecule has 0 fully saturated rings. The minimum Gasteiger partial charge on any atom is -0.392 e. The van der Waals surface area contributed by atoms with Crippen LogP contribution in [0.3, 0.4) is 0 Å². The van der Waals surface area contributed by atoms with Crippen molar-refractivity contribution < 1.29 is 9.90 Å². The lowest BCUT2D eigenvalue weighted by atomic mass is 10.2. The molecule has 6 heteroatoms. The van der Waals surface area contributed by atoms with Gasteiger partial charge in [-0.2, -0.15) is 0 Å². The third kappa shape index (κ3) is 4.25. The quantitative estimate of drug-likeness (QED) is 0.810. The first-order valence-corrected chi connectivity index (χ1v) is 7.15. The van der Waals surface area contributed by atoms with Crippen molar-refractivity contribution in [2.45, 2.75) is 13.0 Å². The number of Topliss-reactive ketones (excluding diaryl/α,β-unsaturated/α-hetero) is 1. The summed E-state index contributed by atoms with van der Waals surface area (Å²) in [5.74, 6) is 0.0528. The van der Waals surface area contributed by atoms with E-state index >= 15 is 0 Å². The second kappa shape index (κ2) is 6.26. The fourth-order valence-electron chi connectivity index (χ4n) is 1.38. The molecular formula is C10H13Br2NO2S. The topological polar surface area (TPSA) is 40.5 Å². The van der Waals surface area contributed by atoms with Gasteiger partial charge in [-0.3, -0.25) is 9.69 Å². The minimum atomic E-state index is -0.421. The lowest BCUT2D eigenvalue weighted by Crippen LogP contribution is -2.32. The highest BCUT2D eigenvalue weighted by Gasteiger charge is 2.16. The van der Waals surface area contributed by atoms with Crippen LogP contribution < -0.4 is 0 Å². The zero-order chi connectivity index (χ0) is 12.3. The van der Waals surface area contributed by atoms with Crippen LogP contribution in [0.4, 0.5) is 0 Å². The third-order valence-electron chi connectivity index (χ3n) is 1.95. The Hall–Kier alpha value is 0.250. The number of carbonyl (C=O) groups is 1. The van der Waals surface area contributed by atoms with Crippen molar-refractivity contribution in [3.63, 3.8) is 0 Å². The van der Waals surface area contributed by atoms with E-state index < -0.39 is 6.10 Å². The van der Waals surface area contributed by atoms with Gasteiger partial charge in [0.2, 0.25) is 0 Å². The van der Waals surface area contributed by atoms with Crippen LogP contribution in [0.1, 0.15) is 17.3 Å². The van der Waals surface area contributed by atoms with Gasteiger partial charge in [0, 0.05) is 12.1 Å². The average molecular weight is 371 g/mol. The van der Waals surface area contributed by atoms with Gasteiger partial charge in [0.05, 0.1) is 20.2 Å². The van der Waals surface area contributed by atoms with Crippen molar-refractivity contribution in [3.05, 3.63) is 19.2 Å². The monoisotopic (exact) mass is 369 g/mol. The lowest BCUT2D eigenvalue weighted by molar-refractivity contribution is 0.0901. The summed E-state index contributed by atoms with van der Waals surface area (Å²) >= 11 is 8.18. The zero-order valence-electron chi connectivity index (χ0n) is 9.04. The smallest absolute Gasteiger partial charge is 0.178 e. The van der Waals surface area contributed by atoms with Crippen molar-refractivity contribution in [1.82, 2.24) is 4.90 Å². The van der Waals surface area contributed by atoms with Crippen LogP contribution in [-0.2, 0) is 0 Å². The fraction of sp³-hybridized carbons (Fsp3) is 0.500. The van der Waals surface area contributed by atoms with E-state index in [1.165, 1.54) is 11.3 Å². The number of thiophene rings is 1. The van der Waals surface area contributed by atoms with E-state index in [-0.39, 0.29) is 5.78 Å². The van der Waals surface area contributed by atoms with Gasteiger partial charge in [0.15, 0.2) is 5.78 Å². The van der Waals surface area contributed by atoms with Crippen molar-refractivity contribution >= 4 is 49.0 Å². The van der Waals surface area contributed by atoms with Crippen molar-refractivity contribution in [2.24, 2.45) is 0 Å². The Morgan fingerprint density at radius 2 is 2.25 bits per heavy atom. The third-order valence-corrected chi connectivity index (χ3v) is 4.29. The van der Waals surface area contributed by atoms with Gasteiger partial charge in [0.25, 0.3) is 0 Å². The first-order chi connectivity index (χ1) is 7.40. The molecule has 0 spiro atoms. The van der Waals surface area contributed by atoms with Crippen LogP contribution >= 0.6 is 43.2 Å². The molecule has 0 aliphatic heterocycles. The summed E-state index contributed by atoms with van der Waals surface area (Å²) in [6.45, 7) is 2.51. The Kier molecular flexibility index (Phi) is 5.60. The number of aliphatic hydroxyl groups excluding tert-OH is 1. The second-order valence-corrected chi connectivity index (χ2v) is 7.46. The molecule has 0 bridgehead atoms. The van der Waals surface area contributed by atoms with Gasteiger partial charge >= 0.3 is 0 Å². The molecular weight excluding hydrogens is 358 g/mol. The van der Waals surface area contributed by atoms with Gasteiger partial charge in [0.1, 0.15) is 0 Å². The molecule has 0 saturated heterocycles. The lowest BCUT2D eigenvalue weighted by Gasteiger charge is -2.16. The predicted molar refractivity (Wildman–Crippen MR) is 73.2 cm³/mol. The molecule has 1 N–H and O–H groups in total. The summed E-state index contributed by atoms with van der Waals surface area (Å²) in [5.41, 5.74) is 0.689. The predicted octanol–water partition coefficient (Wildman–Crippen LogP) is 2.77. The largest absolute Gasteiger partial charge is 0.392 e. The highest BCUT2D eigenvalue weighted by molar-refractivity contribution is 9.12. The van der Waals surface area contributed by atoms with Gasteiger partial charge in [-0.25, -0.2) is 0 Å². The summed E-state index contributed by atoms with van der Waals surface area (Å²) in [5, 5.41) is 9.20. The number of likely N-dealkylation sites (N-methyl/N-ethyl adjacent to an activating group) is 1. The van der Waals surface area contributed by atoms with E-state index in [2.05, 4.69) is 31.9 Å². The fourth-order valence-corrected chi connectivity index (χ4v) is 4.23. The van der Waals surface area contributed by atoms with Crippen LogP contribution in [0.15, 0.2) is 13.6 Å². The first kappa shape index (κ1) is 14.3. The number of rotatable bonds is 5. The number of ketones is 1. The number of aliphatic hydroxyl groups is 1. The Morgan fingerprint density at radius 3 is 2.69 bits per heavy atom. The summed E-state index contributed by atoms with van der Waals surface area (Å²) in [7, 11) is 1.82. The van der Waals surface area contributed by atoms with E-state index in [4.69, 9.17) is 0 Å².